The number of carbonyl (C=O) groups is 1. The maximum atomic E-state index is 13.3. The Labute approximate surface area is 183 Å². The summed E-state index contributed by atoms with van der Waals surface area (Å²) < 4.78 is 0.951. The summed E-state index contributed by atoms with van der Waals surface area (Å²) in [6.07, 6.45) is 1.92. The molecule has 3 aromatic carbocycles. The molecular formula is C24H19BrN2OS. The molecule has 0 N–H and O–H groups in total. The number of benzene rings is 3. The number of aryl methyl sites for hydroxylation is 2. The number of carbonyl (C=O) groups excluding carboxylic acids is 1. The number of rotatable bonds is 3. The van der Waals surface area contributed by atoms with Crippen molar-refractivity contribution in [2.24, 2.45) is 4.99 Å². The van der Waals surface area contributed by atoms with E-state index in [2.05, 4.69) is 15.9 Å². The highest BCUT2D eigenvalue weighted by Crippen LogP contribution is 2.38. The summed E-state index contributed by atoms with van der Waals surface area (Å²) in [4.78, 5) is 20.5. The summed E-state index contributed by atoms with van der Waals surface area (Å²) in [6.45, 7) is 4.06. The largest absolute Gasteiger partial charge is 0.271 e. The van der Waals surface area contributed by atoms with Gasteiger partial charge in [-0.2, -0.15) is 0 Å². The second-order valence-electron chi connectivity index (χ2n) is 6.85. The van der Waals surface area contributed by atoms with Crippen LogP contribution < -0.4 is 4.90 Å². The van der Waals surface area contributed by atoms with Crippen LogP contribution in [-0.4, -0.2) is 11.1 Å². The van der Waals surface area contributed by atoms with Crippen molar-refractivity contribution in [2.75, 3.05) is 4.90 Å². The van der Waals surface area contributed by atoms with E-state index in [1.165, 1.54) is 11.8 Å². The summed E-state index contributed by atoms with van der Waals surface area (Å²) in [5.74, 6) is -0.0669. The van der Waals surface area contributed by atoms with Gasteiger partial charge in [0.25, 0.3) is 5.91 Å². The number of aliphatic imine (C=N–C) groups is 1. The zero-order chi connectivity index (χ0) is 20.4. The van der Waals surface area contributed by atoms with Gasteiger partial charge in [0.1, 0.15) is 0 Å². The molecule has 1 aliphatic heterocycles. The van der Waals surface area contributed by atoms with E-state index < -0.39 is 0 Å². The van der Waals surface area contributed by atoms with Crippen LogP contribution in [0.3, 0.4) is 0 Å². The Kier molecular flexibility index (Phi) is 5.69. The summed E-state index contributed by atoms with van der Waals surface area (Å²) in [6, 6.07) is 23.8. The van der Waals surface area contributed by atoms with E-state index in [0.29, 0.717) is 10.1 Å². The lowest BCUT2D eigenvalue weighted by molar-refractivity contribution is -0.113. The third kappa shape index (κ3) is 4.36. The number of anilines is 1. The fraction of sp³-hybridized carbons (Fsp3) is 0.0833. The summed E-state index contributed by atoms with van der Waals surface area (Å²) in [7, 11) is 0. The lowest BCUT2D eigenvalue weighted by Crippen LogP contribution is -2.28. The van der Waals surface area contributed by atoms with E-state index in [9.17, 15) is 4.79 Å². The zero-order valence-electron chi connectivity index (χ0n) is 16.1. The minimum atomic E-state index is -0.0669. The molecule has 3 aromatic rings. The molecule has 1 fully saturated rings. The summed E-state index contributed by atoms with van der Waals surface area (Å²) in [5, 5.41) is 0.657. The Morgan fingerprint density at radius 1 is 0.931 bits per heavy atom. The molecule has 1 aliphatic rings. The van der Waals surface area contributed by atoms with Gasteiger partial charge in [-0.15, -0.1) is 0 Å². The molecule has 5 heteroatoms. The van der Waals surface area contributed by atoms with Gasteiger partial charge in [0, 0.05) is 4.47 Å². The van der Waals surface area contributed by atoms with Crippen LogP contribution >= 0.6 is 27.7 Å². The average Bonchev–Trinajstić information content (AvgIpc) is 2.98. The highest BCUT2D eigenvalue weighted by molar-refractivity contribution is 9.10. The number of hydrogen-bond acceptors (Lipinski definition) is 3. The molecule has 1 saturated heterocycles. The minimum Gasteiger partial charge on any atom is -0.268 e. The number of amidine groups is 1. The third-order valence-electron chi connectivity index (χ3n) is 4.48. The van der Waals surface area contributed by atoms with Crippen LogP contribution in [0.4, 0.5) is 11.4 Å². The summed E-state index contributed by atoms with van der Waals surface area (Å²) in [5.41, 5.74) is 4.85. The van der Waals surface area contributed by atoms with Gasteiger partial charge in [-0.3, -0.25) is 9.69 Å². The highest BCUT2D eigenvalue weighted by atomic mass is 79.9. The van der Waals surface area contributed by atoms with Gasteiger partial charge in [-0.1, -0.05) is 58.4 Å². The summed E-state index contributed by atoms with van der Waals surface area (Å²) >= 11 is 4.96. The number of amides is 1. The molecule has 3 nitrogen and oxygen atoms in total. The van der Waals surface area contributed by atoms with Crippen LogP contribution in [0.1, 0.15) is 16.7 Å². The van der Waals surface area contributed by atoms with Gasteiger partial charge in [0.15, 0.2) is 5.17 Å². The second-order valence-corrected chi connectivity index (χ2v) is 8.71. The van der Waals surface area contributed by atoms with E-state index in [0.717, 1.165) is 32.5 Å². The van der Waals surface area contributed by atoms with E-state index in [1.807, 2.05) is 92.7 Å². The van der Waals surface area contributed by atoms with Crippen molar-refractivity contribution < 1.29 is 4.79 Å². The monoisotopic (exact) mass is 462 g/mol. The van der Waals surface area contributed by atoms with Crippen molar-refractivity contribution in [3.63, 3.8) is 0 Å². The van der Waals surface area contributed by atoms with E-state index in [4.69, 9.17) is 4.99 Å². The van der Waals surface area contributed by atoms with Gasteiger partial charge in [0.2, 0.25) is 0 Å². The Morgan fingerprint density at radius 2 is 1.66 bits per heavy atom. The normalized spacial score (nSPS) is 16.8. The number of hydrogen-bond donors (Lipinski definition) is 0. The first-order chi connectivity index (χ1) is 14.0. The predicted molar refractivity (Wildman–Crippen MR) is 127 cm³/mol. The Hall–Kier alpha value is -2.63. The lowest BCUT2D eigenvalue weighted by atomic mass is 10.2. The molecule has 0 atom stereocenters. The quantitative estimate of drug-likeness (QED) is 0.397. The van der Waals surface area contributed by atoms with Crippen molar-refractivity contribution in [2.45, 2.75) is 13.8 Å². The van der Waals surface area contributed by atoms with Crippen molar-refractivity contribution in [3.8, 4) is 0 Å². The predicted octanol–water partition coefficient (Wildman–Crippen LogP) is 6.87. The van der Waals surface area contributed by atoms with Gasteiger partial charge < -0.3 is 0 Å². The first kappa shape index (κ1) is 19.7. The molecule has 1 heterocycles. The molecule has 0 bridgehead atoms. The van der Waals surface area contributed by atoms with Crippen molar-refractivity contribution in [3.05, 3.63) is 98.9 Å². The van der Waals surface area contributed by atoms with Gasteiger partial charge in [-0.25, -0.2) is 4.99 Å². The third-order valence-corrected chi connectivity index (χ3v) is 6.18. The van der Waals surface area contributed by atoms with Crippen LogP contribution in [0, 0.1) is 13.8 Å². The van der Waals surface area contributed by atoms with Crippen molar-refractivity contribution in [1.29, 1.82) is 0 Å². The fourth-order valence-corrected chi connectivity index (χ4v) is 4.48. The number of nitrogens with zero attached hydrogens (tertiary/aromatic N) is 2. The van der Waals surface area contributed by atoms with Crippen LogP contribution in [0.2, 0.25) is 0 Å². The maximum Gasteiger partial charge on any atom is 0.271 e. The van der Waals surface area contributed by atoms with E-state index >= 15 is 0 Å². The van der Waals surface area contributed by atoms with Crippen LogP contribution in [-0.2, 0) is 4.79 Å². The van der Waals surface area contributed by atoms with Gasteiger partial charge >= 0.3 is 0 Å². The minimum absolute atomic E-state index is 0.0669. The number of halogens is 1. The first-order valence-electron chi connectivity index (χ1n) is 9.22. The zero-order valence-corrected chi connectivity index (χ0v) is 18.5. The van der Waals surface area contributed by atoms with E-state index in [-0.39, 0.29) is 5.91 Å². The lowest BCUT2D eigenvalue weighted by Gasteiger charge is -2.16. The van der Waals surface area contributed by atoms with Crippen LogP contribution in [0.5, 0.6) is 0 Å². The fourth-order valence-electron chi connectivity index (χ4n) is 3.08. The molecule has 0 aromatic heterocycles. The van der Waals surface area contributed by atoms with Crippen molar-refractivity contribution in [1.82, 2.24) is 0 Å². The molecule has 144 valence electrons. The molecule has 0 unspecified atom stereocenters. The van der Waals surface area contributed by atoms with Gasteiger partial charge in [0.05, 0.1) is 16.3 Å². The van der Waals surface area contributed by atoms with Crippen LogP contribution in [0.25, 0.3) is 6.08 Å². The van der Waals surface area contributed by atoms with Crippen LogP contribution in [0.15, 0.2) is 87.2 Å². The molecule has 0 radical (unpaired) electrons. The first-order valence-corrected chi connectivity index (χ1v) is 10.8. The molecule has 0 spiro atoms. The topological polar surface area (TPSA) is 32.7 Å². The van der Waals surface area contributed by atoms with Crippen molar-refractivity contribution >= 4 is 56.2 Å². The Bertz CT molecular complexity index is 1150. The Balaban J connectivity index is 1.81. The standard InChI is InChI=1S/C24H19BrN2OS/c1-16-7-5-10-19(13-16)26-24-27(20-11-6-8-17(2)14-20)23(28)22(29-24)15-18-9-3-4-12-21(18)25/h3-15H,1-2H3/b22-15+,26-24?. The molecule has 0 saturated carbocycles. The molecule has 0 aliphatic carbocycles. The second kappa shape index (κ2) is 8.39. The molecule has 29 heavy (non-hydrogen) atoms. The SMILES string of the molecule is Cc1cccc(N=C2S/C(=C/c3ccccc3Br)C(=O)N2c2cccc(C)c2)c1. The number of thioether (sulfide) groups is 1. The molecule has 4 rings (SSSR count). The van der Waals surface area contributed by atoms with E-state index in [1.54, 1.807) is 4.90 Å². The average molecular weight is 463 g/mol. The highest BCUT2D eigenvalue weighted by Gasteiger charge is 2.34. The maximum absolute atomic E-state index is 13.3. The molecular weight excluding hydrogens is 444 g/mol. The Morgan fingerprint density at radius 3 is 2.38 bits per heavy atom. The van der Waals surface area contributed by atoms with Gasteiger partial charge in [-0.05, 0) is 78.7 Å². The molecule has 1 amide bonds. The smallest absolute Gasteiger partial charge is 0.268 e.